The first-order chi connectivity index (χ1) is 22.8. The Morgan fingerprint density at radius 1 is 0.771 bits per heavy atom. The topological polar surface area (TPSA) is 228 Å². The van der Waals surface area contributed by atoms with E-state index < -0.39 is 83.0 Å². The summed E-state index contributed by atoms with van der Waals surface area (Å²) >= 11 is 1.17. The molecule has 262 valence electrons. The van der Waals surface area contributed by atoms with E-state index >= 15 is 0 Å². The van der Waals surface area contributed by atoms with Crippen molar-refractivity contribution in [3.05, 3.63) is 23.8 Å². The summed E-state index contributed by atoms with van der Waals surface area (Å²) in [6.45, 7) is 4.41. The molecule has 2 aliphatic rings. The molecule has 8 atom stereocenters. The minimum atomic E-state index is -1.26. The van der Waals surface area contributed by atoms with Crippen LogP contribution in [0.3, 0.4) is 0 Å². The van der Waals surface area contributed by atoms with Gasteiger partial charge in [0.15, 0.2) is 23.6 Å². The molecule has 1 saturated carbocycles. The monoisotopic (exact) mass is 696 g/mol. The van der Waals surface area contributed by atoms with Crippen LogP contribution >= 0.6 is 11.8 Å². The quantitative estimate of drug-likeness (QED) is 0.231. The first-order valence-corrected chi connectivity index (χ1v) is 15.7. The van der Waals surface area contributed by atoms with E-state index in [1.807, 2.05) is 0 Å². The summed E-state index contributed by atoms with van der Waals surface area (Å²) in [7, 11) is 2.37. The Morgan fingerprint density at radius 3 is 1.88 bits per heavy atom. The summed E-state index contributed by atoms with van der Waals surface area (Å²) in [5.41, 5.74) is -1.29. The van der Waals surface area contributed by atoms with Crippen LogP contribution in [0.1, 0.15) is 80.0 Å². The lowest BCUT2D eigenvalue weighted by molar-refractivity contribution is -0.212. The van der Waals surface area contributed by atoms with Crippen molar-refractivity contribution in [2.45, 2.75) is 94.1 Å². The molecular formula is C28H36N6O13S. The maximum atomic E-state index is 12.5. The molecule has 48 heavy (non-hydrogen) atoms. The van der Waals surface area contributed by atoms with Gasteiger partial charge in [-0.3, -0.25) is 19.2 Å². The fraction of sp³-hybridized carbons (Fsp3) is 0.643. The maximum Gasteiger partial charge on any atom is 0.360 e. The van der Waals surface area contributed by atoms with E-state index in [2.05, 4.69) is 20.6 Å². The maximum absolute atomic E-state index is 12.5. The molecule has 1 aliphatic carbocycles. The SMILES string of the molecule is COC(=O)c1cn([C@H]2[C@@H](OC(C)=O)[C@@H](COC(C)=O)O[C@@H](S[C@@H]3CCC[C@H](n4cc(C(=O)OC)nn4)[C@H]3OC(C)=O)[C@@H]2OC(C)=O)nn1. The van der Waals surface area contributed by atoms with Crippen LogP contribution in [0, 0.1) is 0 Å². The first-order valence-electron chi connectivity index (χ1n) is 14.8. The molecule has 1 saturated heterocycles. The summed E-state index contributed by atoms with van der Waals surface area (Å²) in [6, 6.07) is -1.71. The molecule has 0 aromatic carbocycles. The highest BCUT2D eigenvalue weighted by molar-refractivity contribution is 8.00. The molecule has 0 N–H and O–H groups in total. The van der Waals surface area contributed by atoms with E-state index in [9.17, 15) is 28.8 Å². The zero-order valence-corrected chi connectivity index (χ0v) is 27.8. The summed E-state index contributed by atoms with van der Waals surface area (Å²) in [4.78, 5) is 73.4. The molecule has 19 nitrogen and oxygen atoms in total. The summed E-state index contributed by atoms with van der Waals surface area (Å²) in [5.74, 6) is -4.16. The lowest BCUT2D eigenvalue weighted by Crippen LogP contribution is -2.58. The number of methoxy groups -OCH3 is 2. The van der Waals surface area contributed by atoms with Gasteiger partial charge in [-0.05, 0) is 19.3 Å². The Bertz CT molecular complexity index is 1510. The third kappa shape index (κ3) is 8.65. The van der Waals surface area contributed by atoms with Gasteiger partial charge in [-0.15, -0.1) is 22.0 Å². The minimum absolute atomic E-state index is 0.0359. The number of aromatic nitrogens is 6. The number of rotatable bonds is 11. The average Bonchev–Trinajstić information content (AvgIpc) is 3.72. The van der Waals surface area contributed by atoms with E-state index in [4.69, 9.17) is 33.2 Å². The van der Waals surface area contributed by atoms with Gasteiger partial charge in [-0.2, -0.15) is 0 Å². The number of hydrogen-bond acceptors (Lipinski definition) is 18. The highest BCUT2D eigenvalue weighted by Gasteiger charge is 2.53. The van der Waals surface area contributed by atoms with Gasteiger partial charge in [0.05, 0.1) is 32.7 Å². The van der Waals surface area contributed by atoms with Crippen LogP contribution in [0.25, 0.3) is 0 Å². The molecule has 3 heterocycles. The van der Waals surface area contributed by atoms with Crippen LogP contribution < -0.4 is 0 Å². The van der Waals surface area contributed by atoms with Crippen LogP contribution in [0.5, 0.6) is 0 Å². The second-order valence-corrected chi connectivity index (χ2v) is 12.2. The third-order valence-electron chi connectivity index (χ3n) is 7.47. The average molecular weight is 697 g/mol. The Labute approximate surface area is 278 Å². The molecule has 2 fully saturated rings. The van der Waals surface area contributed by atoms with Crippen molar-refractivity contribution in [1.29, 1.82) is 0 Å². The molecule has 4 rings (SSSR count). The fourth-order valence-electron chi connectivity index (χ4n) is 5.60. The predicted octanol–water partition coefficient (Wildman–Crippen LogP) is 0.594. The summed E-state index contributed by atoms with van der Waals surface area (Å²) in [6.07, 6.45) is -0.171. The van der Waals surface area contributed by atoms with Gasteiger partial charge < -0.3 is 33.2 Å². The van der Waals surface area contributed by atoms with E-state index in [1.54, 1.807) is 0 Å². The Morgan fingerprint density at radius 2 is 1.31 bits per heavy atom. The molecular weight excluding hydrogens is 660 g/mol. The first kappa shape index (κ1) is 36.2. The van der Waals surface area contributed by atoms with Crippen molar-refractivity contribution in [1.82, 2.24) is 30.0 Å². The zero-order chi connectivity index (χ0) is 35.1. The third-order valence-corrected chi connectivity index (χ3v) is 8.97. The van der Waals surface area contributed by atoms with Crippen molar-refractivity contribution in [2.75, 3.05) is 20.8 Å². The summed E-state index contributed by atoms with van der Waals surface area (Å²) < 4.78 is 41.0. The predicted molar refractivity (Wildman–Crippen MR) is 158 cm³/mol. The van der Waals surface area contributed by atoms with Gasteiger partial charge in [-0.1, -0.05) is 10.4 Å². The van der Waals surface area contributed by atoms with E-state index in [1.165, 1.54) is 61.4 Å². The number of hydrogen-bond donors (Lipinski definition) is 0. The zero-order valence-electron chi connectivity index (χ0n) is 27.0. The molecule has 2 aromatic heterocycles. The van der Waals surface area contributed by atoms with Gasteiger partial charge in [0, 0.05) is 32.9 Å². The Hall–Kier alpha value is -4.59. The molecule has 0 spiro atoms. The Kier molecular flexibility index (Phi) is 12.1. The van der Waals surface area contributed by atoms with Crippen molar-refractivity contribution in [3.63, 3.8) is 0 Å². The molecule has 20 heteroatoms. The van der Waals surface area contributed by atoms with E-state index in [0.717, 1.165) is 14.0 Å². The van der Waals surface area contributed by atoms with Crippen molar-refractivity contribution in [2.24, 2.45) is 0 Å². The van der Waals surface area contributed by atoms with Crippen LogP contribution in [-0.4, -0.2) is 122 Å². The highest BCUT2D eigenvalue weighted by Crippen LogP contribution is 2.45. The molecule has 1 aliphatic heterocycles. The van der Waals surface area contributed by atoms with Crippen LogP contribution in [0.2, 0.25) is 0 Å². The Balaban J connectivity index is 1.76. The van der Waals surface area contributed by atoms with Crippen molar-refractivity contribution >= 4 is 47.6 Å². The van der Waals surface area contributed by atoms with Crippen LogP contribution in [0.4, 0.5) is 0 Å². The van der Waals surface area contributed by atoms with Crippen molar-refractivity contribution in [3.8, 4) is 0 Å². The normalized spacial score (nSPS) is 26.9. The molecule has 0 unspecified atom stereocenters. The number of ether oxygens (including phenoxy) is 7. The van der Waals surface area contributed by atoms with Gasteiger partial charge >= 0.3 is 35.8 Å². The van der Waals surface area contributed by atoms with Gasteiger partial charge in [-0.25, -0.2) is 19.0 Å². The van der Waals surface area contributed by atoms with Crippen LogP contribution in [0.15, 0.2) is 12.4 Å². The van der Waals surface area contributed by atoms with Gasteiger partial charge in [0.25, 0.3) is 0 Å². The van der Waals surface area contributed by atoms with Gasteiger partial charge in [0.1, 0.15) is 30.3 Å². The summed E-state index contributed by atoms with van der Waals surface area (Å²) in [5, 5.41) is 15.4. The van der Waals surface area contributed by atoms with E-state index in [-0.39, 0.29) is 18.0 Å². The van der Waals surface area contributed by atoms with Crippen LogP contribution in [-0.2, 0) is 52.3 Å². The standard InChI is InChI=1S/C28H36N6O13S/c1-13(35)43-12-20-24(45-15(3)37)22(34-11-18(30-32-34)27(40)42-6)25(46-16(4)38)28(47-20)48-21-9-7-8-19(23(21)44-14(2)36)33-10-17(29-31-33)26(39)41-5/h10-11,19-25,28H,7-9,12H2,1-6H3/t19-,20+,21+,22-,23+,24-,25+,28-/m0/s1. The van der Waals surface area contributed by atoms with Gasteiger partial charge in [0.2, 0.25) is 0 Å². The fourth-order valence-corrected chi connectivity index (χ4v) is 7.22. The lowest BCUT2D eigenvalue weighted by Gasteiger charge is -2.46. The molecule has 0 radical (unpaired) electrons. The number of carbonyl (C=O) groups excluding carboxylic acids is 6. The number of nitrogens with zero attached hydrogens (tertiary/aromatic N) is 6. The largest absolute Gasteiger partial charge is 0.464 e. The molecule has 0 amide bonds. The number of thioether (sulfide) groups is 1. The minimum Gasteiger partial charge on any atom is -0.464 e. The second-order valence-electron chi connectivity index (χ2n) is 10.9. The number of carbonyl (C=O) groups is 6. The second kappa shape index (κ2) is 16.0. The van der Waals surface area contributed by atoms with Crippen molar-refractivity contribution < 1.29 is 61.9 Å². The highest BCUT2D eigenvalue weighted by atomic mass is 32.2. The number of esters is 6. The molecule has 2 aromatic rings. The van der Waals surface area contributed by atoms with E-state index in [0.29, 0.717) is 19.3 Å². The smallest absolute Gasteiger partial charge is 0.360 e. The lowest BCUT2D eigenvalue weighted by atomic mass is 9.92. The molecule has 0 bridgehead atoms.